The van der Waals surface area contributed by atoms with Gasteiger partial charge < -0.3 is 0 Å². The lowest BCUT2D eigenvalue weighted by Gasteiger charge is -2.24. The van der Waals surface area contributed by atoms with Crippen LogP contribution < -0.4 is 4.90 Å². The molecule has 3 heteroatoms. The highest BCUT2D eigenvalue weighted by atomic mass is 32.2. The van der Waals surface area contributed by atoms with E-state index in [1.807, 2.05) is 103 Å². The Labute approximate surface area is 157 Å². The van der Waals surface area contributed by atoms with Gasteiger partial charge in [-0.3, -0.25) is 9.69 Å². The highest BCUT2D eigenvalue weighted by Crippen LogP contribution is 2.38. The van der Waals surface area contributed by atoms with Crippen LogP contribution >= 0.6 is 11.8 Å². The van der Waals surface area contributed by atoms with Crippen LogP contribution in [0.15, 0.2) is 103 Å². The third kappa shape index (κ3) is 3.35. The average molecular weight is 355 g/mol. The molecule has 4 rings (SSSR count). The lowest BCUT2D eigenvalue weighted by molar-refractivity contribution is 0.267. The molecule has 126 valence electrons. The Bertz CT molecular complexity index is 963. The highest BCUT2D eigenvalue weighted by molar-refractivity contribution is 8.21. The van der Waals surface area contributed by atoms with E-state index in [0.29, 0.717) is 0 Å². The Morgan fingerprint density at radius 1 is 0.615 bits per heavy atom. The van der Waals surface area contributed by atoms with Crippen molar-refractivity contribution in [3.05, 3.63) is 114 Å². The maximum Gasteiger partial charge on any atom is 0.295 e. The number of para-hydroxylation sites is 1. The minimum absolute atomic E-state index is 0.0149. The van der Waals surface area contributed by atoms with E-state index >= 15 is 0 Å². The van der Waals surface area contributed by atoms with Crippen molar-refractivity contribution in [3.63, 3.8) is 0 Å². The monoisotopic (exact) mass is 355 g/mol. The first-order valence-electron chi connectivity index (χ1n) is 8.43. The number of anilines is 1. The van der Waals surface area contributed by atoms with Crippen molar-refractivity contribution >= 4 is 33.3 Å². The van der Waals surface area contributed by atoms with Crippen molar-refractivity contribution in [2.45, 2.75) is 0 Å². The molecule has 1 aliphatic heterocycles. The number of nitrogens with zero attached hydrogens (tertiary/aromatic N) is 1. The van der Waals surface area contributed by atoms with Crippen LogP contribution in [0.2, 0.25) is 0 Å². The van der Waals surface area contributed by atoms with Gasteiger partial charge in [-0.2, -0.15) is 0 Å². The Kier molecular flexibility index (Phi) is 4.71. The van der Waals surface area contributed by atoms with Crippen molar-refractivity contribution in [1.29, 1.82) is 0 Å². The second-order valence-corrected chi connectivity index (χ2v) is 6.85. The number of thioether (sulfide) groups is 1. The average Bonchev–Trinajstić information content (AvgIpc) is 2.89. The van der Waals surface area contributed by atoms with Crippen molar-refractivity contribution in [2.75, 3.05) is 4.90 Å². The van der Waals surface area contributed by atoms with Crippen molar-refractivity contribution in [1.82, 2.24) is 0 Å². The Balaban J connectivity index is 1.83. The molecule has 0 radical (unpaired) electrons. The lowest BCUT2D eigenvalue weighted by atomic mass is 10.1. The minimum Gasteiger partial charge on any atom is -0.271 e. The molecule has 1 aliphatic rings. The van der Waals surface area contributed by atoms with E-state index in [1.54, 1.807) is 4.90 Å². The Morgan fingerprint density at radius 2 is 1.15 bits per heavy atom. The molecule has 3 aromatic rings. The zero-order chi connectivity index (χ0) is 17.8. The van der Waals surface area contributed by atoms with Gasteiger partial charge in [-0.15, -0.1) is 0 Å². The summed E-state index contributed by atoms with van der Waals surface area (Å²) in [5.41, 5.74) is 3.79. The molecule has 3 aromatic carbocycles. The van der Waals surface area contributed by atoms with Gasteiger partial charge in [-0.05, 0) is 47.2 Å². The van der Waals surface area contributed by atoms with Crippen LogP contribution in [-0.4, -0.2) is 5.24 Å². The van der Waals surface area contributed by atoms with E-state index in [4.69, 9.17) is 0 Å². The molecule has 0 bridgehead atoms. The minimum atomic E-state index is -0.0149. The predicted molar refractivity (Wildman–Crippen MR) is 111 cm³/mol. The van der Waals surface area contributed by atoms with Crippen LogP contribution in [0.25, 0.3) is 10.6 Å². The summed E-state index contributed by atoms with van der Waals surface area (Å²) in [5.74, 6) is 0. The van der Waals surface area contributed by atoms with Crippen molar-refractivity contribution in [3.8, 4) is 0 Å². The van der Waals surface area contributed by atoms with E-state index < -0.39 is 0 Å². The molecule has 26 heavy (non-hydrogen) atoms. The van der Waals surface area contributed by atoms with Crippen LogP contribution in [0.1, 0.15) is 11.1 Å². The lowest BCUT2D eigenvalue weighted by Crippen LogP contribution is -2.25. The quantitative estimate of drug-likeness (QED) is 0.538. The fourth-order valence-corrected chi connectivity index (χ4v) is 3.79. The number of carbonyl (C=O) groups is 1. The molecule has 0 aliphatic carbocycles. The third-order valence-electron chi connectivity index (χ3n) is 4.16. The topological polar surface area (TPSA) is 20.3 Å². The number of benzene rings is 3. The van der Waals surface area contributed by atoms with Crippen LogP contribution in [0.4, 0.5) is 10.5 Å². The molecule has 2 nitrogen and oxygen atoms in total. The second kappa shape index (κ2) is 7.46. The van der Waals surface area contributed by atoms with Crippen molar-refractivity contribution in [2.24, 2.45) is 0 Å². The molecular weight excluding hydrogens is 338 g/mol. The summed E-state index contributed by atoms with van der Waals surface area (Å²) in [5, 5.41) is -0.0149. The van der Waals surface area contributed by atoms with Gasteiger partial charge in [-0.1, -0.05) is 78.9 Å². The van der Waals surface area contributed by atoms with Gasteiger partial charge in [0.2, 0.25) is 0 Å². The maximum atomic E-state index is 13.2. The summed E-state index contributed by atoms with van der Waals surface area (Å²) < 4.78 is 0. The van der Waals surface area contributed by atoms with Gasteiger partial charge >= 0.3 is 0 Å². The molecule has 0 saturated heterocycles. The first-order chi connectivity index (χ1) is 12.8. The zero-order valence-electron chi connectivity index (χ0n) is 14.1. The first kappa shape index (κ1) is 16.4. The van der Waals surface area contributed by atoms with Crippen LogP contribution in [0.5, 0.6) is 0 Å². The summed E-state index contributed by atoms with van der Waals surface area (Å²) in [6.45, 7) is 0. The smallest absolute Gasteiger partial charge is 0.271 e. The normalized spacial score (nSPS) is 14.5. The molecule has 0 atom stereocenters. The molecule has 0 aromatic heterocycles. The van der Waals surface area contributed by atoms with Gasteiger partial charge in [0, 0.05) is 10.6 Å². The fourth-order valence-electron chi connectivity index (χ4n) is 2.91. The predicted octanol–water partition coefficient (Wildman–Crippen LogP) is 6.44. The van der Waals surface area contributed by atoms with E-state index in [2.05, 4.69) is 0 Å². The molecule has 1 heterocycles. The molecule has 1 amide bonds. The fraction of sp³-hybridized carbons (Fsp3) is 0. The number of allylic oxidation sites excluding steroid dienone is 2. The summed E-state index contributed by atoms with van der Waals surface area (Å²) in [6.07, 6.45) is 4.06. The third-order valence-corrected chi connectivity index (χ3v) is 5.10. The second-order valence-electron chi connectivity index (χ2n) is 5.85. The van der Waals surface area contributed by atoms with E-state index in [1.165, 1.54) is 11.8 Å². The molecule has 0 saturated carbocycles. The number of hydrogen-bond donors (Lipinski definition) is 0. The molecule has 0 spiro atoms. The molecule has 0 fully saturated rings. The highest BCUT2D eigenvalue weighted by Gasteiger charge is 2.25. The number of rotatable bonds is 3. The number of carbonyl (C=O) groups excluding carboxylic acids is 1. The summed E-state index contributed by atoms with van der Waals surface area (Å²) in [7, 11) is 0. The van der Waals surface area contributed by atoms with Crippen LogP contribution in [0.3, 0.4) is 0 Å². The van der Waals surface area contributed by atoms with Gasteiger partial charge in [-0.25, -0.2) is 0 Å². The summed E-state index contributed by atoms with van der Waals surface area (Å²) in [4.78, 5) is 15.9. The van der Waals surface area contributed by atoms with Gasteiger partial charge in [0.25, 0.3) is 5.24 Å². The van der Waals surface area contributed by atoms with Gasteiger partial charge in [0.05, 0.1) is 5.70 Å². The summed E-state index contributed by atoms with van der Waals surface area (Å²) in [6, 6.07) is 29.8. The standard InChI is InChI=1S/C23H17NOS/c25-23-24(20-14-8-3-9-15-20)21(18-10-4-1-5-11-18)16-17-22(26-23)19-12-6-2-7-13-19/h1-17H. The van der Waals surface area contributed by atoms with Gasteiger partial charge in [0.1, 0.15) is 0 Å². The van der Waals surface area contributed by atoms with Gasteiger partial charge in [0.15, 0.2) is 0 Å². The Hall–Kier alpha value is -3.04. The zero-order valence-corrected chi connectivity index (χ0v) is 14.9. The molecule has 0 N–H and O–H groups in total. The van der Waals surface area contributed by atoms with Crippen LogP contribution in [-0.2, 0) is 0 Å². The number of amides is 1. The molecular formula is C23H17NOS. The first-order valence-corrected chi connectivity index (χ1v) is 9.24. The summed E-state index contributed by atoms with van der Waals surface area (Å²) >= 11 is 1.26. The maximum absolute atomic E-state index is 13.2. The van der Waals surface area contributed by atoms with E-state index in [0.717, 1.165) is 27.4 Å². The number of hydrogen-bond acceptors (Lipinski definition) is 2. The Morgan fingerprint density at radius 3 is 1.77 bits per heavy atom. The largest absolute Gasteiger partial charge is 0.295 e. The van der Waals surface area contributed by atoms with E-state index in [9.17, 15) is 4.79 Å². The van der Waals surface area contributed by atoms with Crippen LogP contribution in [0, 0.1) is 0 Å². The molecule has 0 unspecified atom stereocenters. The van der Waals surface area contributed by atoms with Crippen molar-refractivity contribution < 1.29 is 4.79 Å². The van der Waals surface area contributed by atoms with E-state index in [-0.39, 0.29) is 5.24 Å². The SMILES string of the molecule is O=C1SC(c2ccccc2)=CC=C(c2ccccc2)N1c1ccccc1.